The van der Waals surface area contributed by atoms with Gasteiger partial charge in [0.15, 0.2) is 0 Å². The summed E-state index contributed by atoms with van der Waals surface area (Å²) < 4.78 is 0. The largest absolute Gasteiger partial charge is 0.340 e. The Morgan fingerprint density at radius 2 is 1.95 bits per heavy atom. The summed E-state index contributed by atoms with van der Waals surface area (Å²) in [6.07, 6.45) is 3.57. The standard InChI is InChI=1S/C14H18Cl2N2O.ClH/c1-18(13(19)14(17)7-2-3-8-14)9-10-5-4-6-11(15)12(10)16;/h4-6H,2-3,7-9,17H2,1H3;1H. The van der Waals surface area contributed by atoms with E-state index in [9.17, 15) is 4.79 Å². The molecule has 0 spiro atoms. The van der Waals surface area contributed by atoms with Crippen LogP contribution >= 0.6 is 35.6 Å². The lowest BCUT2D eigenvalue weighted by atomic mass is 9.97. The third-order valence-corrected chi connectivity index (χ3v) is 4.57. The van der Waals surface area contributed by atoms with E-state index in [1.165, 1.54) is 0 Å². The van der Waals surface area contributed by atoms with Gasteiger partial charge in [0, 0.05) is 13.6 Å². The summed E-state index contributed by atoms with van der Waals surface area (Å²) in [6.45, 7) is 0.428. The van der Waals surface area contributed by atoms with Crippen molar-refractivity contribution >= 4 is 41.5 Å². The Labute approximate surface area is 135 Å². The van der Waals surface area contributed by atoms with E-state index in [1.807, 2.05) is 12.1 Å². The van der Waals surface area contributed by atoms with Crippen LogP contribution in [0.25, 0.3) is 0 Å². The van der Waals surface area contributed by atoms with Gasteiger partial charge < -0.3 is 10.6 Å². The second-order valence-electron chi connectivity index (χ2n) is 5.24. The molecule has 112 valence electrons. The van der Waals surface area contributed by atoms with Crippen molar-refractivity contribution in [2.75, 3.05) is 7.05 Å². The quantitative estimate of drug-likeness (QED) is 0.915. The molecular formula is C14H19Cl3N2O. The highest BCUT2D eigenvalue weighted by Gasteiger charge is 2.38. The molecule has 1 fully saturated rings. The van der Waals surface area contributed by atoms with Crippen molar-refractivity contribution in [1.29, 1.82) is 0 Å². The average Bonchev–Trinajstić information content (AvgIpc) is 2.82. The van der Waals surface area contributed by atoms with E-state index >= 15 is 0 Å². The van der Waals surface area contributed by atoms with E-state index in [2.05, 4.69) is 0 Å². The zero-order valence-electron chi connectivity index (χ0n) is 11.4. The fourth-order valence-corrected chi connectivity index (χ4v) is 2.98. The molecule has 1 aromatic carbocycles. The number of nitrogens with zero attached hydrogens (tertiary/aromatic N) is 1. The SMILES string of the molecule is CN(Cc1cccc(Cl)c1Cl)C(=O)C1(N)CCCC1.Cl. The highest BCUT2D eigenvalue weighted by molar-refractivity contribution is 6.42. The number of hydrogen-bond acceptors (Lipinski definition) is 2. The molecule has 0 aliphatic heterocycles. The fraction of sp³-hybridized carbons (Fsp3) is 0.500. The zero-order chi connectivity index (χ0) is 14.0. The summed E-state index contributed by atoms with van der Waals surface area (Å²) in [6, 6.07) is 5.43. The average molecular weight is 338 g/mol. The van der Waals surface area contributed by atoms with Gasteiger partial charge in [-0.3, -0.25) is 4.79 Å². The molecule has 1 saturated carbocycles. The van der Waals surface area contributed by atoms with Crippen LogP contribution < -0.4 is 5.73 Å². The third kappa shape index (κ3) is 3.59. The molecule has 2 rings (SSSR count). The van der Waals surface area contributed by atoms with Crippen molar-refractivity contribution < 1.29 is 4.79 Å². The van der Waals surface area contributed by atoms with E-state index < -0.39 is 5.54 Å². The van der Waals surface area contributed by atoms with Crippen LogP contribution in [0.15, 0.2) is 18.2 Å². The maximum Gasteiger partial charge on any atom is 0.242 e. The van der Waals surface area contributed by atoms with Gasteiger partial charge >= 0.3 is 0 Å². The van der Waals surface area contributed by atoms with E-state index in [0.29, 0.717) is 16.6 Å². The van der Waals surface area contributed by atoms with Gasteiger partial charge in [-0.05, 0) is 24.5 Å². The van der Waals surface area contributed by atoms with Gasteiger partial charge in [0.25, 0.3) is 0 Å². The monoisotopic (exact) mass is 336 g/mol. The number of amides is 1. The molecule has 6 heteroatoms. The first-order valence-electron chi connectivity index (χ1n) is 6.41. The molecule has 0 unspecified atom stereocenters. The van der Waals surface area contributed by atoms with Gasteiger partial charge in [0.2, 0.25) is 5.91 Å². The third-order valence-electron chi connectivity index (χ3n) is 3.71. The molecule has 0 saturated heterocycles. The van der Waals surface area contributed by atoms with Crippen molar-refractivity contribution in [3.63, 3.8) is 0 Å². The fourth-order valence-electron chi connectivity index (χ4n) is 2.60. The molecule has 0 heterocycles. The number of rotatable bonds is 3. The number of carbonyl (C=O) groups is 1. The second-order valence-corrected chi connectivity index (χ2v) is 6.02. The number of nitrogens with two attached hydrogens (primary N) is 1. The molecule has 2 N–H and O–H groups in total. The van der Waals surface area contributed by atoms with E-state index in [-0.39, 0.29) is 18.3 Å². The molecule has 1 aliphatic rings. The number of benzene rings is 1. The summed E-state index contributed by atoms with van der Waals surface area (Å²) in [5, 5.41) is 1.00. The van der Waals surface area contributed by atoms with Crippen LogP contribution in [-0.2, 0) is 11.3 Å². The molecule has 3 nitrogen and oxygen atoms in total. The molecule has 0 bridgehead atoms. The first kappa shape index (κ1) is 17.6. The van der Waals surface area contributed by atoms with Gasteiger partial charge in [-0.25, -0.2) is 0 Å². The van der Waals surface area contributed by atoms with Crippen LogP contribution in [0.3, 0.4) is 0 Å². The first-order chi connectivity index (χ1) is 8.94. The van der Waals surface area contributed by atoms with Crippen molar-refractivity contribution in [1.82, 2.24) is 4.90 Å². The predicted octanol–water partition coefficient (Wildman–Crippen LogP) is 3.65. The van der Waals surface area contributed by atoms with Gasteiger partial charge in [-0.2, -0.15) is 0 Å². The normalized spacial score (nSPS) is 16.6. The molecule has 1 aliphatic carbocycles. The highest BCUT2D eigenvalue weighted by Crippen LogP contribution is 2.30. The molecular weight excluding hydrogens is 319 g/mol. The van der Waals surface area contributed by atoms with Crippen LogP contribution in [0.5, 0.6) is 0 Å². The summed E-state index contributed by atoms with van der Waals surface area (Å²) in [5.41, 5.74) is 6.32. The van der Waals surface area contributed by atoms with Crippen LogP contribution in [-0.4, -0.2) is 23.4 Å². The van der Waals surface area contributed by atoms with Crippen molar-refractivity contribution in [3.8, 4) is 0 Å². The lowest BCUT2D eigenvalue weighted by molar-refractivity contribution is -0.136. The summed E-state index contributed by atoms with van der Waals surface area (Å²) in [4.78, 5) is 14.0. The Bertz CT molecular complexity index is 487. The Hall–Kier alpha value is -0.480. The highest BCUT2D eigenvalue weighted by atomic mass is 35.5. The molecule has 0 radical (unpaired) electrons. The molecule has 1 amide bonds. The van der Waals surface area contributed by atoms with E-state index in [0.717, 1.165) is 31.2 Å². The van der Waals surface area contributed by atoms with Crippen LogP contribution in [0, 0.1) is 0 Å². The molecule has 20 heavy (non-hydrogen) atoms. The van der Waals surface area contributed by atoms with E-state index in [1.54, 1.807) is 18.0 Å². The summed E-state index contributed by atoms with van der Waals surface area (Å²) in [7, 11) is 1.76. The minimum Gasteiger partial charge on any atom is -0.340 e. The van der Waals surface area contributed by atoms with Crippen molar-refractivity contribution in [2.24, 2.45) is 5.73 Å². The van der Waals surface area contributed by atoms with Crippen LogP contribution in [0.4, 0.5) is 0 Å². The predicted molar refractivity (Wildman–Crippen MR) is 85.6 cm³/mol. The van der Waals surface area contributed by atoms with Crippen LogP contribution in [0.2, 0.25) is 10.0 Å². The van der Waals surface area contributed by atoms with Crippen molar-refractivity contribution in [3.05, 3.63) is 33.8 Å². The van der Waals surface area contributed by atoms with Crippen LogP contribution in [0.1, 0.15) is 31.2 Å². The molecule has 0 atom stereocenters. The summed E-state index contributed by atoms with van der Waals surface area (Å²) in [5.74, 6) is -0.0129. The zero-order valence-corrected chi connectivity index (χ0v) is 13.7. The number of halogens is 3. The lowest BCUT2D eigenvalue weighted by Gasteiger charge is -2.29. The Kier molecular flexibility index (Phi) is 6.14. The minimum atomic E-state index is -0.695. The number of likely N-dealkylation sites (N-methyl/N-ethyl adjacent to an activating group) is 1. The maximum absolute atomic E-state index is 12.4. The Morgan fingerprint density at radius 1 is 1.35 bits per heavy atom. The molecule has 1 aromatic rings. The minimum absolute atomic E-state index is 0. The Balaban J connectivity index is 0.00000200. The van der Waals surface area contributed by atoms with Gasteiger partial charge in [-0.1, -0.05) is 48.2 Å². The first-order valence-corrected chi connectivity index (χ1v) is 7.17. The smallest absolute Gasteiger partial charge is 0.242 e. The summed E-state index contributed by atoms with van der Waals surface area (Å²) >= 11 is 12.1. The van der Waals surface area contributed by atoms with Crippen molar-refractivity contribution in [2.45, 2.75) is 37.8 Å². The lowest BCUT2D eigenvalue weighted by Crippen LogP contribution is -2.52. The second kappa shape index (κ2) is 6.99. The van der Waals surface area contributed by atoms with Gasteiger partial charge in [-0.15, -0.1) is 12.4 Å². The molecule has 0 aromatic heterocycles. The topological polar surface area (TPSA) is 46.3 Å². The van der Waals surface area contributed by atoms with Gasteiger partial charge in [0.1, 0.15) is 0 Å². The number of hydrogen-bond donors (Lipinski definition) is 1. The maximum atomic E-state index is 12.4. The number of carbonyl (C=O) groups excluding carboxylic acids is 1. The van der Waals surface area contributed by atoms with Gasteiger partial charge in [0.05, 0.1) is 15.6 Å². The Morgan fingerprint density at radius 3 is 2.55 bits per heavy atom. The van der Waals surface area contributed by atoms with E-state index in [4.69, 9.17) is 28.9 Å².